The van der Waals surface area contributed by atoms with E-state index in [-0.39, 0.29) is 11.5 Å². The van der Waals surface area contributed by atoms with Crippen molar-refractivity contribution in [2.45, 2.75) is 64.7 Å². The lowest BCUT2D eigenvalue weighted by Crippen LogP contribution is -1.87. The Labute approximate surface area is 123 Å². The van der Waals surface area contributed by atoms with Crippen molar-refractivity contribution in [2.24, 2.45) is 0 Å². The molecule has 1 aromatic rings. The van der Waals surface area contributed by atoms with E-state index in [9.17, 15) is 10.2 Å². The van der Waals surface area contributed by atoms with Gasteiger partial charge in [-0.05, 0) is 44.2 Å². The minimum absolute atomic E-state index is 0.0105. The van der Waals surface area contributed by atoms with Crippen molar-refractivity contribution >= 4 is 0 Å². The second-order valence-electron chi connectivity index (χ2n) is 5.37. The van der Waals surface area contributed by atoms with Crippen LogP contribution in [-0.4, -0.2) is 10.2 Å². The first-order chi connectivity index (χ1) is 9.75. The molecule has 0 fully saturated rings. The Kier molecular flexibility index (Phi) is 8.61. The number of rotatable bonds is 10. The first-order valence-electron chi connectivity index (χ1n) is 7.86. The smallest absolute Gasteiger partial charge is 0.160 e. The van der Waals surface area contributed by atoms with Gasteiger partial charge in [0.25, 0.3) is 0 Å². The highest BCUT2D eigenvalue weighted by atomic mass is 16.3. The van der Waals surface area contributed by atoms with E-state index in [0.717, 1.165) is 18.4 Å². The fourth-order valence-corrected chi connectivity index (χ4v) is 2.41. The summed E-state index contributed by atoms with van der Waals surface area (Å²) < 4.78 is 0. The normalized spacial score (nSPS) is 11.2. The number of para-hydroxylation sites is 1. The topological polar surface area (TPSA) is 40.5 Å². The van der Waals surface area contributed by atoms with Crippen LogP contribution in [0.25, 0.3) is 0 Å². The quantitative estimate of drug-likeness (QED) is 0.344. The van der Waals surface area contributed by atoms with E-state index in [4.69, 9.17) is 0 Å². The Hall–Kier alpha value is -1.44. The molecule has 0 saturated heterocycles. The number of phenolic OH excluding ortho intramolecular Hbond substituents is 2. The summed E-state index contributed by atoms with van der Waals surface area (Å²) in [5, 5.41) is 19.1. The molecule has 0 aliphatic carbocycles. The van der Waals surface area contributed by atoms with Crippen LogP contribution in [0.5, 0.6) is 11.5 Å². The van der Waals surface area contributed by atoms with E-state index in [2.05, 4.69) is 19.1 Å². The van der Waals surface area contributed by atoms with Crippen LogP contribution in [-0.2, 0) is 6.42 Å². The van der Waals surface area contributed by atoms with E-state index in [1.165, 1.54) is 51.0 Å². The van der Waals surface area contributed by atoms with Crippen molar-refractivity contribution in [1.29, 1.82) is 0 Å². The van der Waals surface area contributed by atoms with Gasteiger partial charge in [0.05, 0.1) is 0 Å². The van der Waals surface area contributed by atoms with E-state index in [1.807, 2.05) is 6.07 Å². The molecule has 2 heteroatoms. The molecular formula is C18H28O2. The van der Waals surface area contributed by atoms with Crippen LogP contribution >= 0.6 is 0 Å². The highest BCUT2D eigenvalue weighted by molar-refractivity contribution is 5.44. The summed E-state index contributed by atoms with van der Waals surface area (Å²) in [5.41, 5.74) is 0.858. The van der Waals surface area contributed by atoms with Gasteiger partial charge in [0, 0.05) is 0 Å². The molecule has 0 aliphatic rings. The fraction of sp³-hybridized carbons (Fsp3) is 0.556. The predicted molar refractivity (Wildman–Crippen MR) is 85.2 cm³/mol. The van der Waals surface area contributed by atoms with Gasteiger partial charge in [-0.1, -0.05) is 56.4 Å². The van der Waals surface area contributed by atoms with E-state index < -0.39 is 0 Å². The van der Waals surface area contributed by atoms with E-state index in [0.29, 0.717) is 0 Å². The van der Waals surface area contributed by atoms with Crippen LogP contribution in [0.2, 0.25) is 0 Å². The van der Waals surface area contributed by atoms with Crippen LogP contribution < -0.4 is 0 Å². The van der Waals surface area contributed by atoms with Crippen molar-refractivity contribution in [1.82, 2.24) is 0 Å². The van der Waals surface area contributed by atoms with Crippen molar-refractivity contribution < 1.29 is 10.2 Å². The highest BCUT2D eigenvalue weighted by Crippen LogP contribution is 2.29. The fourth-order valence-electron chi connectivity index (χ4n) is 2.41. The average Bonchev–Trinajstić information content (AvgIpc) is 2.45. The molecule has 1 aromatic carbocycles. The maximum atomic E-state index is 9.69. The number of hydrogen-bond donors (Lipinski definition) is 2. The molecule has 0 spiro atoms. The molecule has 1 rings (SSSR count). The molecule has 0 amide bonds. The molecule has 112 valence electrons. The van der Waals surface area contributed by atoms with E-state index >= 15 is 0 Å². The van der Waals surface area contributed by atoms with Gasteiger partial charge < -0.3 is 10.2 Å². The van der Waals surface area contributed by atoms with Crippen molar-refractivity contribution in [3.05, 3.63) is 35.9 Å². The lowest BCUT2D eigenvalue weighted by molar-refractivity contribution is 0.398. The summed E-state index contributed by atoms with van der Waals surface area (Å²) in [6.45, 7) is 2.07. The molecule has 0 bridgehead atoms. The van der Waals surface area contributed by atoms with Gasteiger partial charge in [-0.15, -0.1) is 0 Å². The first-order valence-corrected chi connectivity index (χ1v) is 7.86. The van der Waals surface area contributed by atoms with E-state index in [1.54, 1.807) is 6.07 Å². The molecule has 20 heavy (non-hydrogen) atoms. The van der Waals surface area contributed by atoms with Crippen LogP contribution in [0, 0.1) is 0 Å². The lowest BCUT2D eigenvalue weighted by atomic mass is 10.0. The number of aromatic hydroxyl groups is 2. The summed E-state index contributed by atoms with van der Waals surface area (Å²) in [4.78, 5) is 0. The molecule has 0 aromatic heterocycles. The Bertz CT molecular complexity index is 396. The zero-order valence-electron chi connectivity index (χ0n) is 12.6. The first kappa shape index (κ1) is 16.6. The lowest BCUT2D eigenvalue weighted by Gasteiger charge is -2.06. The van der Waals surface area contributed by atoms with Crippen LogP contribution in [0.1, 0.15) is 63.9 Å². The van der Waals surface area contributed by atoms with Crippen molar-refractivity contribution in [2.75, 3.05) is 0 Å². The van der Waals surface area contributed by atoms with Crippen LogP contribution in [0.3, 0.4) is 0 Å². The molecule has 0 heterocycles. The summed E-state index contributed by atoms with van der Waals surface area (Å²) in [7, 11) is 0. The molecule has 0 radical (unpaired) electrons. The predicted octanol–water partition coefficient (Wildman–Crippen LogP) is 5.34. The summed E-state index contributed by atoms with van der Waals surface area (Å²) >= 11 is 0. The molecular weight excluding hydrogens is 248 g/mol. The third-order valence-electron chi connectivity index (χ3n) is 3.65. The number of allylic oxidation sites excluding steroid dienone is 2. The van der Waals surface area contributed by atoms with Gasteiger partial charge in [-0.3, -0.25) is 0 Å². The number of unbranched alkanes of at least 4 members (excludes halogenated alkanes) is 7. The van der Waals surface area contributed by atoms with Crippen LogP contribution in [0.4, 0.5) is 0 Å². The minimum atomic E-state index is -0.0105. The Morgan fingerprint density at radius 3 is 2.25 bits per heavy atom. The standard InChI is InChI=1S/C18H28O2/c1-2-3-4-5-6-7-8-9-10-11-13-16-14-12-15-17(19)18(16)20/h2-3,12,14-15,19-20H,4-11,13H2,1H3/b3-2+. The summed E-state index contributed by atoms with van der Waals surface area (Å²) in [6.07, 6.45) is 15.2. The molecule has 0 aliphatic heterocycles. The number of aryl methyl sites for hydroxylation is 1. The van der Waals surface area contributed by atoms with Gasteiger partial charge in [-0.25, -0.2) is 0 Å². The number of hydrogen-bond acceptors (Lipinski definition) is 2. The average molecular weight is 276 g/mol. The molecule has 2 N–H and O–H groups in total. The maximum Gasteiger partial charge on any atom is 0.160 e. The van der Waals surface area contributed by atoms with Crippen LogP contribution in [0.15, 0.2) is 30.4 Å². The van der Waals surface area contributed by atoms with Crippen molar-refractivity contribution in [3.8, 4) is 11.5 Å². The maximum absolute atomic E-state index is 9.69. The van der Waals surface area contributed by atoms with Gasteiger partial charge >= 0.3 is 0 Å². The monoisotopic (exact) mass is 276 g/mol. The molecule has 0 unspecified atom stereocenters. The third-order valence-corrected chi connectivity index (χ3v) is 3.65. The Morgan fingerprint density at radius 1 is 0.900 bits per heavy atom. The Balaban J connectivity index is 2.01. The van der Waals surface area contributed by atoms with Gasteiger partial charge in [0.15, 0.2) is 11.5 Å². The number of benzene rings is 1. The number of phenols is 2. The summed E-state index contributed by atoms with van der Waals surface area (Å²) in [6, 6.07) is 5.19. The van der Waals surface area contributed by atoms with Gasteiger partial charge in [0.2, 0.25) is 0 Å². The zero-order valence-corrected chi connectivity index (χ0v) is 12.6. The SMILES string of the molecule is C/C=C/CCCCCCCCCc1cccc(O)c1O. The van der Waals surface area contributed by atoms with Gasteiger partial charge in [0.1, 0.15) is 0 Å². The zero-order chi connectivity index (χ0) is 14.6. The summed E-state index contributed by atoms with van der Waals surface area (Å²) in [5.74, 6) is 0.0418. The molecule has 2 nitrogen and oxygen atoms in total. The van der Waals surface area contributed by atoms with Gasteiger partial charge in [-0.2, -0.15) is 0 Å². The third kappa shape index (κ3) is 6.65. The molecule has 0 saturated carbocycles. The second-order valence-corrected chi connectivity index (χ2v) is 5.37. The minimum Gasteiger partial charge on any atom is -0.504 e. The largest absolute Gasteiger partial charge is 0.504 e. The Morgan fingerprint density at radius 2 is 1.55 bits per heavy atom. The molecule has 0 atom stereocenters. The second kappa shape index (κ2) is 10.4. The van der Waals surface area contributed by atoms with Crippen molar-refractivity contribution in [3.63, 3.8) is 0 Å². The highest BCUT2D eigenvalue weighted by Gasteiger charge is 2.04.